The van der Waals surface area contributed by atoms with E-state index in [4.69, 9.17) is 16.1 Å². The van der Waals surface area contributed by atoms with Crippen LogP contribution in [0, 0.1) is 5.82 Å². The number of hydrogen-bond donors (Lipinski definition) is 1. The number of benzene rings is 2. The van der Waals surface area contributed by atoms with Gasteiger partial charge < -0.3 is 9.84 Å². The zero-order valence-corrected chi connectivity index (χ0v) is 14.1. The summed E-state index contributed by atoms with van der Waals surface area (Å²) in [5, 5.41) is 7.27. The number of amides is 1. The minimum Gasteiger partial charge on any atom is -0.344 e. The molecule has 5 nitrogen and oxygen atoms in total. The van der Waals surface area contributed by atoms with Crippen molar-refractivity contribution in [2.24, 2.45) is 0 Å². The Morgan fingerprint density at radius 3 is 2.76 bits per heavy atom. The van der Waals surface area contributed by atoms with Crippen LogP contribution >= 0.6 is 11.6 Å². The van der Waals surface area contributed by atoms with Gasteiger partial charge in [-0.1, -0.05) is 41.0 Å². The zero-order chi connectivity index (χ0) is 17.8. The highest BCUT2D eigenvalue weighted by Crippen LogP contribution is 2.21. The molecule has 0 bridgehead atoms. The lowest BCUT2D eigenvalue weighted by Crippen LogP contribution is -2.28. The molecule has 3 aromatic rings. The molecule has 0 saturated heterocycles. The summed E-state index contributed by atoms with van der Waals surface area (Å²) < 4.78 is 18.1. The van der Waals surface area contributed by atoms with Crippen LogP contribution in [0.1, 0.15) is 24.4 Å². The van der Waals surface area contributed by atoms with E-state index in [0.717, 1.165) is 11.1 Å². The lowest BCUT2D eigenvalue weighted by atomic mass is 10.1. The molecule has 0 fully saturated rings. The Bertz CT molecular complexity index is 880. The second kappa shape index (κ2) is 7.44. The van der Waals surface area contributed by atoms with Gasteiger partial charge >= 0.3 is 0 Å². The quantitative estimate of drug-likeness (QED) is 0.749. The zero-order valence-electron chi connectivity index (χ0n) is 13.4. The molecule has 0 aliphatic heterocycles. The number of carbonyl (C=O) groups is 1. The van der Waals surface area contributed by atoms with Gasteiger partial charge in [0.05, 0.1) is 6.42 Å². The number of hydrogen-bond acceptors (Lipinski definition) is 4. The molecule has 1 amide bonds. The highest BCUT2D eigenvalue weighted by atomic mass is 35.5. The van der Waals surface area contributed by atoms with Crippen molar-refractivity contribution in [1.82, 2.24) is 15.5 Å². The Balaban J connectivity index is 1.64. The van der Waals surface area contributed by atoms with Crippen LogP contribution in [0.5, 0.6) is 0 Å². The van der Waals surface area contributed by atoms with Crippen LogP contribution in [-0.2, 0) is 11.2 Å². The lowest BCUT2D eigenvalue weighted by molar-refractivity contribution is -0.121. The highest BCUT2D eigenvalue weighted by molar-refractivity contribution is 6.30. The lowest BCUT2D eigenvalue weighted by Gasteiger charge is -2.09. The second-order valence-electron chi connectivity index (χ2n) is 5.56. The van der Waals surface area contributed by atoms with E-state index in [2.05, 4.69) is 15.5 Å². The van der Waals surface area contributed by atoms with E-state index in [1.54, 1.807) is 37.3 Å². The summed E-state index contributed by atoms with van der Waals surface area (Å²) in [6, 6.07) is 12.4. The van der Waals surface area contributed by atoms with Crippen LogP contribution in [0.4, 0.5) is 4.39 Å². The number of carbonyl (C=O) groups excluding carboxylic acids is 1. The number of halogens is 2. The van der Waals surface area contributed by atoms with Gasteiger partial charge in [0.1, 0.15) is 11.9 Å². The minimum atomic E-state index is -0.451. The summed E-state index contributed by atoms with van der Waals surface area (Å²) in [7, 11) is 0. The fourth-order valence-electron chi connectivity index (χ4n) is 2.30. The Morgan fingerprint density at radius 1 is 1.28 bits per heavy atom. The van der Waals surface area contributed by atoms with Gasteiger partial charge in [-0.15, -0.1) is 0 Å². The van der Waals surface area contributed by atoms with Gasteiger partial charge in [-0.2, -0.15) is 4.98 Å². The SMILES string of the molecule is C[C@@H](NC(=O)Cc1ccc(F)cc1)c1nc(-c2cccc(Cl)c2)no1. The first-order valence-electron chi connectivity index (χ1n) is 7.64. The molecular formula is C18H15ClFN3O2. The Hall–Kier alpha value is -2.73. The van der Waals surface area contributed by atoms with E-state index < -0.39 is 6.04 Å². The first-order valence-corrected chi connectivity index (χ1v) is 8.02. The molecule has 0 aliphatic rings. The summed E-state index contributed by atoms with van der Waals surface area (Å²) in [4.78, 5) is 16.4. The number of nitrogens with one attached hydrogen (secondary N) is 1. The molecule has 25 heavy (non-hydrogen) atoms. The topological polar surface area (TPSA) is 68.0 Å². The molecule has 1 N–H and O–H groups in total. The van der Waals surface area contributed by atoms with Crippen LogP contribution in [0.15, 0.2) is 53.1 Å². The van der Waals surface area contributed by atoms with Gasteiger partial charge in [0.25, 0.3) is 0 Å². The third-order valence-electron chi connectivity index (χ3n) is 3.55. The third kappa shape index (κ3) is 4.42. The van der Waals surface area contributed by atoms with Crippen LogP contribution in [-0.4, -0.2) is 16.0 Å². The normalized spacial score (nSPS) is 12.0. The molecule has 7 heteroatoms. The Morgan fingerprint density at radius 2 is 2.04 bits per heavy atom. The first-order chi connectivity index (χ1) is 12.0. The smallest absolute Gasteiger partial charge is 0.249 e. The van der Waals surface area contributed by atoms with Gasteiger partial charge in [0.2, 0.25) is 17.6 Å². The van der Waals surface area contributed by atoms with Gasteiger partial charge in [0, 0.05) is 10.6 Å². The largest absolute Gasteiger partial charge is 0.344 e. The number of nitrogens with zero attached hydrogens (tertiary/aromatic N) is 2. The van der Waals surface area contributed by atoms with Crippen molar-refractivity contribution in [2.45, 2.75) is 19.4 Å². The minimum absolute atomic E-state index is 0.139. The summed E-state index contributed by atoms with van der Waals surface area (Å²) in [5.41, 5.74) is 1.45. The van der Waals surface area contributed by atoms with E-state index in [-0.39, 0.29) is 18.1 Å². The van der Waals surface area contributed by atoms with E-state index in [1.807, 2.05) is 6.07 Å². The van der Waals surface area contributed by atoms with E-state index in [0.29, 0.717) is 16.7 Å². The fourth-order valence-corrected chi connectivity index (χ4v) is 2.49. The molecule has 1 atom stereocenters. The molecule has 0 spiro atoms. The number of rotatable bonds is 5. The monoisotopic (exact) mass is 359 g/mol. The van der Waals surface area contributed by atoms with Gasteiger partial charge in [-0.05, 0) is 36.8 Å². The molecule has 1 aromatic heterocycles. The van der Waals surface area contributed by atoms with Crippen molar-refractivity contribution in [3.8, 4) is 11.4 Å². The van der Waals surface area contributed by atoms with E-state index in [1.165, 1.54) is 12.1 Å². The average molecular weight is 360 g/mol. The predicted molar refractivity (Wildman–Crippen MR) is 91.4 cm³/mol. The Labute approximate surface area is 148 Å². The summed E-state index contributed by atoms with van der Waals surface area (Å²) in [6.07, 6.45) is 0.139. The maximum atomic E-state index is 12.9. The van der Waals surface area contributed by atoms with Crippen LogP contribution in [0.25, 0.3) is 11.4 Å². The molecule has 1 heterocycles. The van der Waals surface area contributed by atoms with E-state index >= 15 is 0 Å². The molecule has 128 valence electrons. The van der Waals surface area contributed by atoms with Crippen LogP contribution in [0.3, 0.4) is 0 Å². The predicted octanol–water partition coefficient (Wildman–Crippen LogP) is 3.95. The highest BCUT2D eigenvalue weighted by Gasteiger charge is 2.17. The van der Waals surface area contributed by atoms with Crippen molar-refractivity contribution < 1.29 is 13.7 Å². The molecule has 0 unspecified atom stereocenters. The van der Waals surface area contributed by atoms with Crippen LogP contribution in [0.2, 0.25) is 5.02 Å². The maximum Gasteiger partial charge on any atom is 0.249 e. The average Bonchev–Trinajstić information content (AvgIpc) is 3.07. The van der Waals surface area contributed by atoms with Gasteiger partial charge in [-0.3, -0.25) is 4.79 Å². The first kappa shape index (κ1) is 17.1. The van der Waals surface area contributed by atoms with Crippen molar-refractivity contribution >= 4 is 17.5 Å². The van der Waals surface area contributed by atoms with Crippen molar-refractivity contribution in [2.75, 3.05) is 0 Å². The molecule has 3 rings (SSSR count). The fraction of sp³-hybridized carbons (Fsp3) is 0.167. The standard InChI is InChI=1S/C18H15ClFN3O2/c1-11(21-16(24)9-12-5-7-15(20)8-6-12)18-22-17(23-25-18)13-3-2-4-14(19)10-13/h2-8,10-11H,9H2,1H3,(H,21,24)/t11-/m1/s1. The Kier molecular flexibility index (Phi) is 5.09. The second-order valence-corrected chi connectivity index (χ2v) is 6.00. The molecule has 0 aliphatic carbocycles. The van der Waals surface area contributed by atoms with Crippen molar-refractivity contribution in [3.05, 3.63) is 70.8 Å². The van der Waals surface area contributed by atoms with Crippen molar-refractivity contribution in [1.29, 1.82) is 0 Å². The molecular weight excluding hydrogens is 345 g/mol. The summed E-state index contributed by atoms with van der Waals surface area (Å²) in [6.45, 7) is 1.75. The maximum absolute atomic E-state index is 12.9. The number of aromatic nitrogens is 2. The van der Waals surface area contributed by atoms with Gasteiger partial charge in [0.15, 0.2) is 0 Å². The summed E-state index contributed by atoms with van der Waals surface area (Å²) >= 11 is 5.95. The molecule has 2 aromatic carbocycles. The van der Waals surface area contributed by atoms with Crippen molar-refractivity contribution in [3.63, 3.8) is 0 Å². The van der Waals surface area contributed by atoms with Crippen LogP contribution < -0.4 is 5.32 Å². The van der Waals surface area contributed by atoms with E-state index in [9.17, 15) is 9.18 Å². The third-order valence-corrected chi connectivity index (χ3v) is 3.79. The molecule has 0 saturated carbocycles. The molecule has 0 radical (unpaired) electrons. The van der Waals surface area contributed by atoms with Gasteiger partial charge in [-0.25, -0.2) is 4.39 Å². The summed E-state index contributed by atoms with van der Waals surface area (Å²) in [5.74, 6) is 0.137.